The Morgan fingerprint density at radius 1 is 0.762 bits per heavy atom. The summed E-state index contributed by atoms with van der Waals surface area (Å²) in [5, 5.41) is 26.2. The molecule has 9 rings (SSSR count). The van der Waals surface area contributed by atoms with Gasteiger partial charge < -0.3 is 56.0 Å². The molecule has 3 aromatic carbocycles. The second kappa shape index (κ2) is 28.7. The third kappa shape index (κ3) is 17.4. The number of likely N-dealkylation sites (tertiary alicyclic amines) is 3. The molecule has 20 heteroatoms. The van der Waals surface area contributed by atoms with Crippen LogP contribution in [-0.4, -0.2) is 169 Å². The van der Waals surface area contributed by atoms with E-state index in [-0.39, 0.29) is 47.2 Å². The number of hydrogen-bond acceptors (Lipinski definition) is 14. The Balaban J connectivity index is 0.632. The molecule has 4 aromatic rings. The number of anilines is 3. The SMILES string of the molecule is CC(C)C[C@H](NC(=O)[C@@H](O)[C@H](C)Cc1ccccc1)C(=O)NCCOCCN1C[C@@H]2CN(CCC(=O)NCc3cccc(CNc4cc(N5CCC6(CC5)CN(c5cc(F)c(CN7CCC(C)(C)CC7)cc5F)CC(=O)N6)ncn4)c3)C[C@@H]2C1. The predicted octanol–water partition coefficient (Wildman–Crippen LogP) is 5.74. The Labute approximate surface area is 495 Å². The molecule has 0 saturated carbocycles. The Kier molecular flexibility index (Phi) is 21.3. The van der Waals surface area contributed by atoms with Gasteiger partial charge in [0.1, 0.15) is 41.7 Å². The van der Waals surface area contributed by atoms with Crippen molar-refractivity contribution in [2.45, 2.75) is 117 Å². The van der Waals surface area contributed by atoms with Crippen molar-refractivity contribution in [3.8, 4) is 0 Å². The third-order valence-corrected chi connectivity index (χ3v) is 17.9. The molecule has 5 aliphatic rings. The van der Waals surface area contributed by atoms with Gasteiger partial charge in [0.25, 0.3) is 0 Å². The van der Waals surface area contributed by atoms with Gasteiger partial charge in [-0.25, -0.2) is 18.7 Å². The van der Waals surface area contributed by atoms with Crippen LogP contribution >= 0.6 is 0 Å². The fourth-order valence-electron chi connectivity index (χ4n) is 12.8. The molecule has 5 saturated heterocycles. The number of hydrogen-bond donors (Lipinski definition) is 6. The number of piperidine rings is 2. The van der Waals surface area contributed by atoms with E-state index in [1.165, 1.54) is 12.1 Å². The molecule has 84 heavy (non-hydrogen) atoms. The maximum atomic E-state index is 15.8. The van der Waals surface area contributed by atoms with Crippen LogP contribution in [-0.2, 0) is 50.0 Å². The summed E-state index contributed by atoms with van der Waals surface area (Å²) in [7, 11) is 0. The third-order valence-electron chi connectivity index (χ3n) is 17.9. The zero-order chi connectivity index (χ0) is 59.4. The number of aromatic nitrogens is 2. The lowest BCUT2D eigenvalue weighted by atomic mass is 9.82. The molecule has 6 heterocycles. The largest absolute Gasteiger partial charge is 0.383 e. The summed E-state index contributed by atoms with van der Waals surface area (Å²) in [4.78, 5) is 72.3. The highest BCUT2D eigenvalue weighted by molar-refractivity contribution is 5.89. The molecule has 0 unspecified atom stereocenters. The number of benzene rings is 3. The monoisotopic (exact) mass is 1160 g/mol. The molecule has 1 spiro atoms. The molecule has 456 valence electrons. The first kappa shape index (κ1) is 62.2. The van der Waals surface area contributed by atoms with Gasteiger partial charge in [0.2, 0.25) is 23.6 Å². The second-order valence-corrected chi connectivity index (χ2v) is 25.7. The zero-order valence-electron chi connectivity index (χ0n) is 50.0. The first-order valence-corrected chi connectivity index (χ1v) is 30.6. The van der Waals surface area contributed by atoms with Crippen LogP contribution in [0.15, 0.2) is 79.1 Å². The van der Waals surface area contributed by atoms with Gasteiger partial charge in [-0.1, -0.05) is 89.2 Å². The standard InChI is InChI=1S/C64H90F2N12O6/c1-44(2)28-54(72-62(83)60(81)45(3)29-46-10-7-6-8-11-46)61(82)67-19-26-84-27-25-76-39-50-37-75(38-51(50)40-76)20-14-58(79)69-35-48-13-9-12-47(30-48)34-68-56-33-57(71-43-70-56)77-23-17-64(18-24-77)42-78(41-59(80)73-64)55-32-52(65)49(31-53(55)66)36-74-21-15-63(4,5)16-22-74/h6-13,30-33,43-45,50-51,54,60,81H,14-29,34-42H2,1-5H3,(H,67,82)(H,69,79)(H,72,83)(H,73,80)(H,68,70,71)/t45-,50-,51+,54+,60+/m1/s1. The van der Waals surface area contributed by atoms with Crippen LogP contribution < -0.4 is 36.4 Å². The van der Waals surface area contributed by atoms with Crippen molar-refractivity contribution in [1.29, 1.82) is 0 Å². The second-order valence-electron chi connectivity index (χ2n) is 25.7. The first-order chi connectivity index (χ1) is 40.3. The summed E-state index contributed by atoms with van der Waals surface area (Å²) in [5.74, 6) is 0.448. The molecule has 1 aromatic heterocycles. The van der Waals surface area contributed by atoms with Crippen molar-refractivity contribution in [2.75, 3.05) is 113 Å². The molecule has 4 amide bonds. The van der Waals surface area contributed by atoms with Crippen molar-refractivity contribution in [1.82, 2.24) is 45.9 Å². The average molecular weight is 1160 g/mol. The number of aliphatic hydroxyl groups excluding tert-OH is 1. The zero-order valence-corrected chi connectivity index (χ0v) is 50.0. The molecular weight excluding hydrogens is 1070 g/mol. The topological polar surface area (TPSA) is 200 Å². The van der Waals surface area contributed by atoms with Crippen molar-refractivity contribution >= 4 is 41.0 Å². The number of aliphatic hydroxyl groups is 1. The van der Waals surface area contributed by atoms with E-state index < -0.39 is 35.2 Å². The van der Waals surface area contributed by atoms with Gasteiger partial charge in [0.15, 0.2) is 0 Å². The smallest absolute Gasteiger partial charge is 0.249 e. The molecular formula is C64H90F2N12O6. The van der Waals surface area contributed by atoms with E-state index in [4.69, 9.17) is 4.74 Å². The Bertz CT molecular complexity index is 2830. The van der Waals surface area contributed by atoms with E-state index in [1.54, 1.807) is 11.2 Å². The lowest BCUT2D eigenvalue weighted by molar-refractivity contribution is -0.136. The molecule has 5 aliphatic heterocycles. The van der Waals surface area contributed by atoms with Gasteiger partial charge >= 0.3 is 0 Å². The van der Waals surface area contributed by atoms with E-state index >= 15 is 8.78 Å². The van der Waals surface area contributed by atoms with Crippen LogP contribution in [0.5, 0.6) is 0 Å². The van der Waals surface area contributed by atoms with Crippen molar-refractivity contribution in [3.63, 3.8) is 0 Å². The molecule has 18 nitrogen and oxygen atoms in total. The lowest BCUT2D eigenvalue weighted by Gasteiger charge is -2.48. The number of carbonyl (C=O) groups excluding carboxylic acids is 4. The Morgan fingerprint density at radius 2 is 1.45 bits per heavy atom. The number of rotatable bonds is 26. The predicted molar refractivity (Wildman–Crippen MR) is 322 cm³/mol. The number of halogens is 2. The lowest BCUT2D eigenvalue weighted by Crippen LogP contribution is -2.66. The molecule has 5 fully saturated rings. The van der Waals surface area contributed by atoms with Crippen LogP contribution in [0.4, 0.5) is 26.1 Å². The van der Waals surface area contributed by atoms with Crippen molar-refractivity contribution < 1.29 is 37.8 Å². The maximum Gasteiger partial charge on any atom is 0.249 e. The minimum Gasteiger partial charge on any atom is -0.383 e. The summed E-state index contributed by atoms with van der Waals surface area (Å²) in [5.41, 5.74) is 3.23. The average Bonchev–Trinajstić information content (AvgIpc) is 2.78. The van der Waals surface area contributed by atoms with E-state index in [0.29, 0.717) is 114 Å². The fraction of sp³-hybridized carbons (Fsp3) is 0.594. The fourth-order valence-corrected chi connectivity index (χ4v) is 12.8. The number of nitrogens with one attached hydrogen (secondary N) is 5. The Morgan fingerprint density at radius 3 is 2.17 bits per heavy atom. The van der Waals surface area contributed by atoms with Crippen LogP contribution in [0, 0.1) is 40.7 Å². The van der Waals surface area contributed by atoms with E-state index in [1.807, 2.05) is 75.4 Å². The van der Waals surface area contributed by atoms with Gasteiger partial charge in [-0.3, -0.25) is 24.1 Å². The summed E-state index contributed by atoms with van der Waals surface area (Å²) < 4.78 is 37.2. The quantitative estimate of drug-likeness (QED) is 0.0417. The molecule has 0 aliphatic carbocycles. The van der Waals surface area contributed by atoms with E-state index in [9.17, 15) is 24.3 Å². The summed E-state index contributed by atoms with van der Waals surface area (Å²) >= 11 is 0. The summed E-state index contributed by atoms with van der Waals surface area (Å²) in [6.07, 6.45) is 5.01. The number of fused-ring (bicyclic) bond motifs is 1. The Hall–Kier alpha value is -6.32. The van der Waals surface area contributed by atoms with Gasteiger partial charge in [0.05, 0.1) is 31.0 Å². The van der Waals surface area contributed by atoms with Gasteiger partial charge in [-0.2, -0.15) is 0 Å². The number of amides is 4. The molecule has 6 N–H and O–H groups in total. The van der Waals surface area contributed by atoms with Crippen LogP contribution in [0.2, 0.25) is 0 Å². The van der Waals surface area contributed by atoms with E-state index in [0.717, 1.165) is 87.7 Å². The number of nitrogens with zero attached hydrogens (tertiary/aromatic N) is 7. The molecule has 0 radical (unpaired) electrons. The van der Waals surface area contributed by atoms with Crippen LogP contribution in [0.3, 0.4) is 0 Å². The summed E-state index contributed by atoms with van der Waals surface area (Å²) in [6.45, 7) is 21.6. The summed E-state index contributed by atoms with van der Waals surface area (Å²) in [6, 6.07) is 21.6. The molecule has 5 atom stereocenters. The number of piperazine rings is 1. The van der Waals surface area contributed by atoms with Crippen LogP contribution in [0.1, 0.15) is 95.4 Å². The first-order valence-electron chi connectivity index (χ1n) is 30.6. The van der Waals surface area contributed by atoms with Crippen molar-refractivity contribution in [2.24, 2.45) is 29.1 Å². The van der Waals surface area contributed by atoms with Crippen molar-refractivity contribution in [3.05, 3.63) is 113 Å². The van der Waals surface area contributed by atoms with Crippen LogP contribution in [0.25, 0.3) is 0 Å². The molecule has 0 bridgehead atoms. The van der Waals surface area contributed by atoms with Gasteiger partial charge in [-0.15, -0.1) is 0 Å². The highest BCUT2D eigenvalue weighted by Gasteiger charge is 2.43. The van der Waals surface area contributed by atoms with Gasteiger partial charge in [-0.05, 0) is 103 Å². The maximum absolute atomic E-state index is 15.8. The number of carbonyl (C=O) groups is 4. The number of ether oxygens (including phenoxy) is 1. The van der Waals surface area contributed by atoms with E-state index in [2.05, 4.69) is 76.1 Å². The highest BCUT2D eigenvalue weighted by atomic mass is 19.1. The normalized spacial score (nSPS) is 21.0. The minimum atomic E-state index is -1.23. The highest BCUT2D eigenvalue weighted by Crippen LogP contribution is 2.35. The minimum absolute atomic E-state index is 0.0240. The van der Waals surface area contributed by atoms with Gasteiger partial charge in [0, 0.05) is 109 Å².